The highest BCUT2D eigenvalue weighted by molar-refractivity contribution is 9.10. The van der Waals surface area contributed by atoms with Gasteiger partial charge in [-0.1, -0.05) is 22.0 Å². The van der Waals surface area contributed by atoms with Crippen LogP contribution in [0, 0.1) is 11.6 Å². The Morgan fingerprint density at radius 1 is 0.767 bits per heavy atom. The predicted molar refractivity (Wildman–Crippen MR) is 116 cm³/mol. The smallest absolute Gasteiger partial charge is 0.133 e. The third-order valence-electron chi connectivity index (χ3n) is 5.01. The molecular weight excluding hydrogens is 450 g/mol. The van der Waals surface area contributed by atoms with Crippen molar-refractivity contribution in [2.75, 3.05) is 0 Å². The van der Waals surface area contributed by atoms with Gasteiger partial charge in [0.05, 0.1) is 17.9 Å². The molecule has 0 radical (unpaired) electrons. The highest BCUT2D eigenvalue weighted by Crippen LogP contribution is 2.34. The first-order chi connectivity index (χ1) is 14.5. The predicted octanol–water partition coefficient (Wildman–Crippen LogP) is 6.11. The molecule has 5 rings (SSSR count). The van der Waals surface area contributed by atoms with E-state index in [1.165, 1.54) is 12.1 Å². The topological polar surface area (TPSA) is 35.1 Å². The third-order valence-corrected chi connectivity index (χ3v) is 5.46. The summed E-state index contributed by atoms with van der Waals surface area (Å²) in [6, 6.07) is 13.3. The zero-order valence-corrected chi connectivity index (χ0v) is 17.4. The molecule has 0 amide bonds. The van der Waals surface area contributed by atoms with Crippen LogP contribution in [0.15, 0.2) is 77.8 Å². The number of benzene rings is 2. The summed E-state index contributed by atoms with van der Waals surface area (Å²) in [5, 5.41) is 8.71. The highest BCUT2D eigenvalue weighted by Gasteiger charge is 2.13. The van der Waals surface area contributed by atoms with Gasteiger partial charge in [-0.25, -0.2) is 13.3 Å². The first-order valence-corrected chi connectivity index (χ1v) is 10.00. The van der Waals surface area contributed by atoms with Gasteiger partial charge in [-0.15, -0.1) is 0 Å². The molecule has 0 spiro atoms. The van der Waals surface area contributed by atoms with E-state index in [-0.39, 0.29) is 0 Å². The van der Waals surface area contributed by atoms with E-state index in [1.807, 2.05) is 60.5 Å². The van der Waals surface area contributed by atoms with Crippen LogP contribution in [-0.2, 0) is 7.05 Å². The number of halogens is 3. The second-order valence-corrected chi connectivity index (χ2v) is 7.98. The lowest BCUT2D eigenvalue weighted by atomic mass is 9.99. The van der Waals surface area contributed by atoms with Crippen LogP contribution < -0.4 is 0 Å². The van der Waals surface area contributed by atoms with Crippen molar-refractivity contribution in [1.82, 2.24) is 19.4 Å². The maximum atomic E-state index is 14.3. The van der Waals surface area contributed by atoms with Crippen LogP contribution >= 0.6 is 15.9 Å². The summed E-state index contributed by atoms with van der Waals surface area (Å²) in [6.45, 7) is 0. The molecule has 0 unspecified atom stereocenters. The minimum Gasteiger partial charge on any atom is -0.275 e. The van der Waals surface area contributed by atoms with Gasteiger partial charge >= 0.3 is 0 Å². The molecule has 3 aromatic heterocycles. The number of hydrogen-bond donors (Lipinski definition) is 0. The lowest BCUT2D eigenvalue weighted by Crippen LogP contribution is -1.89. The quantitative estimate of drug-likeness (QED) is 0.322. The summed E-state index contributed by atoms with van der Waals surface area (Å²) in [5.41, 5.74) is 5.73. The van der Waals surface area contributed by atoms with Gasteiger partial charge in [0, 0.05) is 52.2 Å². The van der Waals surface area contributed by atoms with Gasteiger partial charge in [0.2, 0.25) is 0 Å². The molecule has 0 atom stereocenters. The van der Waals surface area contributed by atoms with Crippen molar-refractivity contribution < 1.29 is 8.78 Å². The molecule has 0 bridgehead atoms. The Morgan fingerprint density at radius 2 is 1.57 bits per heavy atom. The van der Waals surface area contributed by atoms with Gasteiger partial charge in [0.15, 0.2) is 0 Å². The number of fused-ring (bicyclic) bond motifs is 1. The van der Waals surface area contributed by atoms with Gasteiger partial charge in [-0.3, -0.25) is 4.68 Å². The Labute approximate surface area is 179 Å². The average molecular weight is 465 g/mol. The molecule has 0 N–H and O–H groups in total. The van der Waals surface area contributed by atoms with E-state index < -0.39 is 11.6 Å². The fraction of sp³-hybridized carbons (Fsp3) is 0.0435. The maximum absolute atomic E-state index is 14.3. The molecule has 5 aromatic rings. The molecule has 0 fully saturated rings. The van der Waals surface area contributed by atoms with Crippen LogP contribution in [0.5, 0.6) is 0 Å². The van der Waals surface area contributed by atoms with Crippen molar-refractivity contribution in [3.8, 4) is 33.4 Å². The van der Waals surface area contributed by atoms with E-state index in [4.69, 9.17) is 0 Å². The molecular formula is C23H15BrF2N4. The van der Waals surface area contributed by atoms with Gasteiger partial charge in [0.25, 0.3) is 0 Å². The lowest BCUT2D eigenvalue weighted by molar-refractivity contribution is 0.585. The lowest BCUT2D eigenvalue weighted by Gasteiger charge is -2.08. The molecule has 0 aliphatic carbocycles. The monoisotopic (exact) mass is 464 g/mol. The minimum atomic E-state index is -0.599. The van der Waals surface area contributed by atoms with Gasteiger partial charge in [0.1, 0.15) is 11.6 Å². The first kappa shape index (κ1) is 18.7. The largest absolute Gasteiger partial charge is 0.275 e. The van der Waals surface area contributed by atoms with Crippen LogP contribution in [0.25, 0.3) is 38.9 Å². The molecule has 0 saturated heterocycles. The Morgan fingerprint density at radius 3 is 2.30 bits per heavy atom. The Bertz CT molecular complexity index is 1400. The molecule has 0 aliphatic rings. The number of aryl methyl sites for hydroxylation is 1. The number of pyridine rings is 1. The van der Waals surface area contributed by atoms with Crippen LogP contribution in [0.1, 0.15) is 0 Å². The second kappa shape index (κ2) is 7.18. The fourth-order valence-electron chi connectivity index (χ4n) is 3.57. The summed E-state index contributed by atoms with van der Waals surface area (Å²) in [4.78, 5) is 0. The summed E-state index contributed by atoms with van der Waals surface area (Å²) in [7, 11) is 1.88. The summed E-state index contributed by atoms with van der Waals surface area (Å²) < 4.78 is 32.0. The number of rotatable bonds is 3. The summed E-state index contributed by atoms with van der Waals surface area (Å²) in [5.74, 6) is -1.20. The SMILES string of the molecule is Cn1cc(-c2ccc3c(-c4cc(Br)cc(-c5ccc(F)cc5F)c4)cnn3c2)cn1. The van der Waals surface area contributed by atoms with Gasteiger partial charge in [-0.05, 0) is 47.5 Å². The van der Waals surface area contributed by atoms with Crippen LogP contribution in [0.3, 0.4) is 0 Å². The van der Waals surface area contributed by atoms with E-state index >= 15 is 0 Å². The van der Waals surface area contributed by atoms with Crippen molar-refractivity contribution in [3.05, 3.63) is 89.4 Å². The summed E-state index contributed by atoms with van der Waals surface area (Å²) in [6.07, 6.45) is 7.50. The normalized spacial score (nSPS) is 11.3. The van der Waals surface area contributed by atoms with E-state index in [9.17, 15) is 8.78 Å². The van der Waals surface area contributed by atoms with Crippen molar-refractivity contribution >= 4 is 21.4 Å². The molecule has 30 heavy (non-hydrogen) atoms. The second-order valence-electron chi connectivity index (χ2n) is 7.06. The Hall–Kier alpha value is -3.32. The van der Waals surface area contributed by atoms with Gasteiger partial charge in [-0.2, -0.15) is 10.2 Å². The number of hydrogen-bond acceptors (Lipinski definition) is 2. The molecule has 7 heteroatoms. The fourth-order valence-corrected chi connectivity index (χ4v) is 4.07. The van der Waals surface area contributed by atoms with E-state index in [1.54, 1.807) is 10.9 Å². The molecule has 4 nitrogen and oxygen atoms in total. The van der Waals surface area contributed by atoms with Crippen LogP contribution in [0.2, 0.25) is 0 Å². The standard InChI is InChI=1S/C23H15BrF2N4/c1-29-12-17(10-27-29)14-2-5-23-21(11-28-30(23)13-14)16-6-15(7-18(24)8-16)20-4-3-19(25)9-22(20)26/h2-13H,1H3. The van der Waals surface area contributed by atoms with Crippen molar-refractivity contribution in [1.29, 1.82) is 0 Å². The third kappa shape index (κ3) is 3.31. The Balaban J connectivity index is 1.61. The summed E-state index contributed by atoms with van der Waals surface area (Å²) >= 11 is 3.51. The zero-order valence-electron chi connectivity index (χ0n) is 15.9. The molecule has 3 heterocycles. The molecule has 148 valence electrons. The van der Waals surface area contributed by atoms with E-state index in [0.717, 1.165) is 38.3 Å². The highest BCUT2D eigenvalue weighted by atomic mass is 79.9. The minimum absolute atomic E-state index is 0.342. The van der Waals surface area contributed by atoms with Crippen LogP contribution in [0.4, 0.5) is 8.78 Å². The van der Waals surface area contributed by atoms with E-state index in [2.05, 4.69) is 26.1 Å². The van der Waals surface area contributed by atoms with Gasteiger partial charge < -0.3 is 0 Å². The van der Waals surface area contributed by atoms with E-state index in [0.29, 0.717) is 11.1 Å². The molecule has 0 aliphatic heterocycles. The van der Waals surface area contributed by atoms with Crippen molar-refractivity contribution in [2.45, 2.75) is 0 Å². The van der Waals surface area contributed by atoms with Crippen molar-refractivity contribution in [3.63, 3.8) is 0 Å². The maximum Gasteiger partial charge on any atom is 0.133 e. The number of aromatic nitrogens is 4. The first-order valence-electron chi connectivity index (χ1n) is 9.21. The zero-order chi connectivity index (χ0) is 20.8. The van der Waals surface area contributed by atoms with Crippen molar-refractivity contribution in [2.24, 2.45) is 7.05 Å². The Kier molecular flexibility index (Phi) is 4.47. The average Bonchev–Trinajstić information content (AvgIpc) is 3.33. The molecule has 0 saturated carbocycles. The number of nitrogens with zero attached hydrogens (tertiary/aromatic N) is 4. The molecule has 2 aromatic carbocycles. The van der Waals surface area contributed by atoms with Crippen LogP contribution in [-0.4, -0.2) is 19.4 Å².